The molecule has 0 unspecified atom stereocenters. The predicted octanol–water partition coefficient (Wildman–Crippen LogP) is 17.1. The normalized spacial score (nSPS) is 19.4. The minimum absolute atomic E-state index is 0.349. The van der Waals surface area contributed by atoms with Crippen molar-refractivity contribution in [1.29, 1.82) is 0 Å². The third-order valence-corrected chi connectivity index (χ3v) is 15.8. The Balaban J connectivity index is 0.944. The number of benzene rings is 9. The molecule has 4 heteroatoms. The van der Waals surface area contributed by atoms with Gasteiger partial charge in [-0.15, -0.1) is 0 Å². The average Bonchev–Trinajstić information content (AvgIpc) is 3.78. The van der Waals surface area contributed by atoms with Gasteiger partial charge in [-0.2, -0.15) is 0 Å². The molecule has 0 radical (unpaired) electrons. The van der Waals surface area contributed by atoms with Crippen LogP contribution in [0.15, 0.2) is 211 Å². The van der Waals surface area contributed by atoms with E-state index in [1.807, 2.05) is 18.2 Å². The molecule has 0 atom stereocenters. The second kappa shape index (κ2) is 16.1. The molecular weight excluding hydrogens is 839 g/mol. The van der Waals surface area contributed by atoms with Crippen LogP contribution in [0.2, 0.25) is 0 Å². The first kappa shape index (κ1) is 40.1. The van der Waals surface area contributed by atoms with Gasteiger partial charge in [0.15, 0.2) is 17.5 Å². The van der Waals surface area contributed by atoms with Gasteiger partial charge in [0.1, 0.15) is 11.2 Å². The van der Waals surface area contributed by atoms with Crippen LogP contribution in [-0.2, 0) is 5.41 Å². The van der Waals surface area contributed by atoms with Crippen molar-refractivity contribution in [2.75, 3.05) is 0 Å². The highest BCUT2D eigenvalue weighted by molar-refractivity contribution is 6.12. The van der Waals surface area contributed by atoms with E-state index in [2.05, 4.69) is 188 Å². The summed E-state index contributed by atoms with van der Waals surface area (Å²) in [5.74, 6) is 4.49. The lowest BCUT2D eigenvalue weighted by molar-refractivity contribution is -0.00518. The number of hydrogen-bond donors (Lipinski definition) is 0. The highest BCUT2D eigenvalue weighted by Gasteiger charge is 2.51. The molecule has 15 rings (SSSR count). The Hall–Kier alpha value is -7.95. The fourth-order valence-corrected chi connectivity index (χ4v) is 12.9. The maximum atomic E-state index is 6.92. The van der Waals surface area contributed by atoms with E-state index in [1.165, 1.54) is 54.9 Å². The summed E-state index contributed by atoms with van der Waals surface area (Å²) in [6, 6.07) is 74.2. The maximum Gasteiger partial charge on any atom is 0.167 e. The number of fused-ring (bicyclic) bond motifs is 4. The molecule has 2 aromatic heterocycles. The fourth-order valence-electron chi connectivity index (χ4n) is 12.9. The summed E-state index contributed by atoms with van der Waals surface area (Å²) in [4.78, 5) is 16.1. The Morgan fingerprint density at radius 3 is 1.48 bits per heavy atom. The molecule has 4 aliphatic rings. The Labute approximate surface area is 402 Å². The van der Waals surface area contributed by atoms with Crippen molar-refractivity contribution in [3.63, 3.8) is 0 Å². The van der Waals surface area contributed by atoms with Gasteiger partial charge in [-0.1, -0.05) is 158 Å². The first-order valence-electron chi connectivity index (χ1n) is 24.7. The number of furan rings is 1. The van der Waals surface area contributed by atoms with E-state index in [0.717, 1.165) is 95.3 Å². The van der Waals surface area contributed by atoms with Crippen LogP contribution >= 0.6 is 0 Å². The summed E-state index contributed by atoms with van der Waals surface area (Å²) >= 11 is 0. The zero-order valence-electron chi connectivity index (χ0n) is 38.4. The van der Waals surface area contributed by atoms with Gasteiger partial charge < -0.3 is 4.42 Å². The van der Waals surface area contributed by atoms with Crippen LogP contribution in [0.5, 0.6) is 0 Å². The lowest BCUT2D eigenvalue weighted by Crippen LogP contribution is -2.48. The van der Waals surface area contributed by atoms with E-state index in [9.17, 15) is 0 Å². The molecule has 2 heterocycles. The first-order valence-corrected chi connectivity index (χ1v) is 24.7. The molecule has 0 saturated heterocycles. The lowest BCUT2D eigenvalue weighted by Gasteiger charge is -2.57. The molecule has 330 valence electrons. The molecule has 0 amide bonds. The number of rotatable bonds is 8. The minimum atomic E-state index is 0.349. The highest BCUT2D eigenvalue weighted by atomic mass is 16.3. The third kappa shape index (κ3) is 7.17. The lowest BCUT2D eigenvalue weighted by atomic mass is 9.48. The molecule has 11 aromatic rings. The van der Waals surface area contributed by atoms with Gasteiger partial charge in [0.25, 0.3) is 0 Å². The molecule has 0 N–H and O–H groups in total. The first-order chi connectivity index (χ1) is 34.0. The average molecular weight is 888 g/mol. The van der Waals surface area contributed by atoms with Crippen molar-refractivity contribution in [1.82, 2.24) is 15.0 Å². The van der Waals surface area contributed by atoms with Gasteiger partial charge in [-0.25, -0.2) is 15.0 Å². The van der Waals surface area contributed by atoms with E-state index < -0.39 is 0 Å². The Kier molecular flexibility index (Phi) is 9.37. The standard InChI is InChI=1S/C65H49N3O/c1-4-12-44(13-5-1)52-32-53(47-22-25-56(26-23-47)65-38-41-28-42(39-65)30-43(29-41)40-65)34-55(33-52)63-66-62(48-17-8-3-9-18-48)67-64(68-63)59-37-54(45-14-6-2-7-15-45)36-58-57-35-51(24-27-60(57)69-61(58)59)50-21-20-46-16-10-11-19-49(46)31-50/h1-27,31-37,41-43H,28-30,38-40H2. The quantitative estimate of drug-likeness (QED) is 0.153. The summed E-state index contributed by atoms with van der Waals surface area (Å²) in [5.41, 5.74) is 15.2. The SMILES string of the molecule is c1ccc(-c2cc(-c3ccc(C45CC6CC(CC(C6)C4)C5)cc3)cc(-c3nc(-c4ccccc4)nc(-c4cc(-c5ccccc5)cc5c4oc4ccc(-c6ccc7ccccc7c6)cc45)n3)c2)cc1. The van der Waals surface area contributed by atoms with Gasteiger partial charge in [-0.3, -0.25) is 0 Å². The van der Waals surface area contributed by atoms with E-state index in [4.69, 9.17) is 19.4 Å². The monoisotopic (exact) mass is 887 g/mol. The van der Waals surface area contributed by atoms with Gasteiger partial charge in [-0.05, 0) is 171 Å². The molecule has 0 spiro atoms. The van der Waals surface area contributed by atoms with Crippen LogP contribution < -0.4 is 0 Å². The molecule has 4 aliphatic carbocycles. The van der Waals surface area contributed by atoms with Crippen molar-refractivity contribution in [2.45, 2.75) is 43.9 Å². The van der Waals surface area contributed by atoms with Crippen LogP contribution in [0.1, 0.15) is 44.1 Å². The maximum absolute atomic E-state index is 6.92. The van der Waals surface area contributed by atoms with Crippen molar-refractivity contribution in [2.24, 2.45) is 17.8 Å². The summed E-state index contributed by atoms with van der Waals surface area (Å²) < 4.78 is 6.92. The Morgan fingerprint density at radius 1 is 0.348 bits per heavy atom. The van der Waals surface area contributed by atoms with Crippen LogP contribution in [0, 0.1) is 17.8 Å². The van der Waals surface area contributed by atoms with Crippen molar-refractivity contribution < 1.29 is 4.42 Å². The molecule has 4 bridgehead atoms. The zero-order chi connectivity index (χ0) is 45.5. The molecular formula is C65H49N3O. The Bertz CT molecular complexity index is 3710. The molecule has 4 saturated carbocycles. The highest BCUT2D eigenvalue weighted by Crippen LogP contribution is 2.61. The Morgan fingerprint density at radius 2 is 0.826 bits per heavy atom. The predicted molar refractivity (Wildman–Crippen MR) is 283 cm³/mol. The van der Waals surface area contributed by atoms with Crippen molar-refractivity contribution >= 4 is 32.7 Å². The van der Waals surface area contributed by atoms with Crippen LogP contribution in [0.4, 0.5) is 0 Å². The largest absolute Gasteiger partial charge is 0.455 e. The van der Waals surface area contributed by atoms with Crippen molar-refractivity contribution in [3.8, 4) is 78.7 Å². The number of hydrogen-bond acceptors (Lipinski definition) is 4. The third-order valence-electron chi connectivity index (χ3n) is 15.8. The van der Waals surface area contributed by atoms with E-state index in [1.54, 1.807) is 5.56 Å². The van der Waals surface area contributed by atoms with Gasteiger partial charge >= 0.3 is 0 Å². The van der Waals surface area contributed by atoms with E-state index in [-0.39, 0.29) is 0 Å². The summed E-state index contributed by atoms with van der Waals surface area (Å²) in [6.07, 6.45) is 8.43. The molecule has 9 aromatic carbocycles. The summed E-state index contributed by atoms with van der Waals surface area (Å²) in [5, 5.41) is 4.50. The van der Waals surface area contributed by atoms with E-state index in [0.29, 0.717) is 22.9 Å². The topological polar surface area (TPSA) is 51.8 Å². The van der Waals surface area contributed by atoms with Gasteiger partial charge in [0, 0.05) is 21.9 Å². The molecule has 4 fully saturated rings. The molecule has 69 heavy (non-hydrogen) atoms. The second-order valence-electron chi connectivity index (χ2n) is 20.3. The van der Waals surface area contributed by atoms with Crippen LogP contribution in [-0.4, -0.2) is 15.0 Å². The van der Waals surface area contributed by atoms with E-state index >= 15 is 0 Å². The zero-order valence-corrected chi connectivity index (χ0v) is 38.4. The minimum Gasteiger partial charge on any atom is -0.455 e. The van der Waals surface area contributed by atoms with Crippen LogP contribution in [0.25, 0.3) is 111 Å². The summed E-state index contributed by atoms with van der Waals surface area (Å²) in [6.45, 7) is 0. The molecule has 0 aliphatic heterocycles. The second-order valence-corrected chi connectivity index (χ2v) is 20.3. The van der Waals surface area contributed by atoms with Gasteiger partial charge in [0.2, 0.25) is 0 Å². The fraction of sp³-hybridized carbons (Fsp3) is 0.154. The smallest absolute Gasteiger partial charge is 0.167 e. The summed E-state index contributed by atoms with van der Waals surface area (Å²) in [7, 11) is 0. The van der Waals surface area contributed by atoms with Crippen molar-refractivity contribution in [3.05, 3.63) is 212 Å². The number of aromatic nitrogens is 3. The number of nitrogens with zero attached hydrogens (tertiary/aromatic N) is 3. The molecule has 4 nitrogen and oxygen atoms in total. The van der Waals surface area contributed by atoms with Gasteiger partial charge in [0.05, 0.1) is 5.56 Å². The van der Waals surface area contributed by atoms with Crippen LogP contribution in [0.3, 0.4) is 0 Å².